The fourth-order valence-electron chi connectivity index (χ4n) is 0.890. The largest absolute Gasteiger partial charge is 0.397 e. The molecule has 0 fully saturated rings. The Balaban J connectivity index is 2.84. The Morgan fingerprint density at radius 3 is 2.69 bits per heavy atom. The maximum atomic E-state index is 10.8. The Kier molecular flexibility index (Phi) is 3.48. The van der Waals surface area contributed by atoms with Crippen LogP contribution >= 0.6 is 7.60 Å². The number of nitrogens with two attached hydrogens (primary N) is 1. The van der Waals surface area contributed by atoms with Crippen LogP contribution in [-0.4, -0.2) is 16.5 Å². The Bertz CT molecular complexity index is 457. The van der Waals surface area contributed by atoms with Gasteiger partial charge in [-0.1, -0.05) is 0 Å². The number of hydrogen-bond donors (Lipinski definition) is 3. The van der Waals surface area contributed by atoms with Gasteiger partial charge in [-0.15, -0.1) is 0 Å². The highest BCUT2D eigenvalue weighted by Crippen LogP contribution is 2.37. The molecule has 0 amide bonds. The molecule has 1 rings (SSSR count). The third kappa shape index (κ3) is 3.50. The quantitative estimate of drug-likeness (QED) is 0.317. The molecule has 88 valence electrons. The molecular weight excluding hydrogens is 237 g/mol. The van der Waals surface area contributed by atoms with Crippen molar-refractivity contribution >= 4 is 24.7 Å². The zero-order valence-corrected chi connectivity index (χ0v) is 9.18. The topological polar surface area (TPSA) is 128 Å². The molecule has 0 bridgehead atoms. The van der Waals surface area contributed by atoms with Crippen molar-refractivity contribution in [3.63, 3.8) is 0 Å². The van der Waals surface area contributed by atoms with Crippen LogP contribution in [0.3, 0.4) is 0 Å². The zero-order valence-electron chi connectivity index (χ0n) is 8.28. The van der Waals surface area contributed by atoms with Crippen molar-refractivity contribution in [3.8, 4) is 0 Å². The molecule has 1 atom stereocenters. The maximum Gasteiger partial charge on any atom is 0.346 e. The summed E-state index contributed by atoms with van der Waals surface area (Å²) >= 11 is 0. The van der Waals surface area contributed by atoms with Crippen molar-refractivity contribution in [2.45, 2.75) is 0 Å². The molecule has 0 saturated carbocycles. The molecule has 8 nitrogen and oxygen atoms in total. The van der Waals surface area contributed by atoms with E-state index in [1.807, 2.05) is 0 Å². The van der Waals surface area contributed by atoms with E-state index in [0.29, 0.717) is 0 Å². The number of nitrogen functional groups attached to an aromatic ring is 1. The van der Waals surface area contributed by atoms with Gasteiger partial charge in [-0.3, -0.25) is 20.2 Å². The van der Waals surface area contributed by atoms with Gasteiger partial charge in [0.2, 0.25) is 0 Å². The maximum absolute atomic E-state index is 10.8. The van der Waals surface area contributed by atoms with Crippen LogP contribution in [0, 0.1) is 10.1 Å². The van der Waals surface area contributed by atoms with E-state index < -0.39 is 12.5 Å². The Labute approximate surface area is 90.7 Å². The molecule has 4 N–H and O–H groups in total. The predicted octanol–water partition coefficient (Wildman–Crippen LogP) is 1.34. The summed E-state index contributed by atoms with van der Waals surface area (Å²) in [5, 5.41) is 10.4. The van der Waals surface area contributed by atoms with Gasteiger partial charge in [0.05, 0.1) is 16.3 Å². The van der Waals surface area contributed by atoms with E-state index in [9.17, 15) is 14.7 Å². The molecular formula is C7H10N3O5P. The highest BCUT2D eigenvalue weighted by molar-refractivity contribution is 7.51. The monoisotopic (exact) mass is 247 g/mol. The first-order chi connectivity index (χ1) is 7.29. The lowest BCUT2D eigenvalue weighted by molar-refractivity contribution is -0.384. The lowest BCUT2D eigenvalue weighted by Gasteiger charge is -2.10. The minimum atomic E-state index is -3.68. The van der Waals surface area contributed by atoms with Crippen molar-refractivity contribution in [1.82, 2.24) is 0 Å². The number of nitrogens with one attached hydrogen (secondary N) is 1. The normalized spacial score (nSPS) is 14.1. The number of benzene rings is 1. The second kappa shape index (κ2) is 4.48. The van der Waals surface area contributed by atoms with Gasteiger partial charge in [0.1, 0.15) is 0 Å². The number of rotatable bonds is 4. The van der Waals surface area contributed by atoms with Crippen LogP contribution in [0.5, 0.6) is 0 Å². The van der Waals surface area contributed by atoms with E-state index in [1.165, 1.54) is 12.1 Å². The van der Waals surface area contributed by atoms with Crippen LogP contribution in [0.25, 0.3) is 0 Å². The standard InChI is InChI=1S/C7H10N3O5P/c1-16(13,14)15-9-7-3-2-5(10(11)12)4-6(7)8/h2-4,9H,8H2,1H3,(H,13,14). The first kappa shape index (κ1) is 12.4. The number of nitro benzene ring substituents is 1. The van der Waals surface area contributed by atoms with E-state index in [2.05, 4.69) is 10.1 Å². The zero-order chi connectivity index (χ0) is 12.3. The molecule has 0 aliphatic heterocycles. The van der Waals surface area contributed by atoms with E-state index in [1.54, 1.807) is 0 Å². The average Bonchev–Trinajstić information content (AvgIpc) is 2.14. The van der Waals surface area contributed by atoms with Crippen LogP contribution in [0.4, 0.5) is 17.1 Å². The molecule has 0 heterocycles. The van der Waals surface area contributed by atoms with E-state index >= 15 is 0 Å². The van der Waals surface area contributed by atoms with Crippen molar-refractivity contribution in [2.75, 3.05) is 17.9 Å². The van der Waals surface area contributed by atoms with Gasteiger partial charge in [0.15, 0.2) is 0 Å². The second-order valence-electron chi connectivity index (χ2n) is 3.02. The van der Waals surface area contributed by atoms with Crippen molar-refractivity contribution in [3.05, 3.63) is 28.3 Å². The van der Waals surface area contributed by atoms with E-state index in [4.69, 9.17) is 10.6 Å². The third-order valence-electron chi connectivity index (χ3n) is 1.57. The van der Waals surface area contributed by atoms with Crippen molar-refractivity contribution in [1.29, 1.82) is 0 Å². The molecule has 0 spiro atoms. The van der Waals surface area contributed by atoms with Gasteiger partial charge < -0.3 is 10.6 Å². The van der Waals surface area contributed by atoms with E-state index in [-0.39, 0.29) is 17.1 Å². The van der Waals surface area contributed by atoms with Gasteiger partial charge in [-0.05, 0) is 6.07 Å². The lowest BCUT2D eigenvalue weighted by atomic mass is 10.2. The summed E-state index contributed by atoms with van der Waals surface area (Å²) in [5.41, 5.74) is 7.68. The van der Waals surface area contributed by atoms with Crippen LogP contribution < -0.4 is 11.2 Å². The highest BCUT2D eigenvalue weighted by Gasteiger charge is 2.13. The summed E-state index contributed by atoms with van der Waals surface area (Å²) < 4.78 is 15.2. The van der Waals surface area contributed by atoms with Crippen LogP contribution in [0.2, 0.25) is 0 Å². The molecule has 0 saturated heterocycles. The summed E-state index contributed by atoms with van der Waals surface area (Å²) in [7, 11) is -3.68. The Hall–Kier alpha value is -1.63. The summed E-state index contributed by atoms with van der Waals surface area (Å²) in [6.45, 7) is 0.988. The fourth-order valence-corrected chi connectivity index (χ4v) is 1.16. The second-order valence-corrected chi connectivity index (χ2v) is 4.81. The Morgan fingerprint density at radius 2 is 2.25 bits per heavy atom. The van der Waals surface area contributed by atoms with Gasteiger partial charge in [0.25, 0.3) is 5.69 Å². The number of nitrogens with zero attached hydrogens (tertiary/aromatic N) is 1. The molecule has 0 aliphatic carbocycles. The predicted molar refractivity (Wildman–Crippen MR) is 58.0 cm³/mol. The smallest absolute Gasteiger partial charge is 0.346 e. The first-order valence-corrected chi connectivity index (χ1v) is 6.11. The average molecular weight is 247 g/mol. The minimum Gasteiger partial charge on any atom is -0.397 e. The van der Waals surface area contributed by atoms with E-state index in [0.717, 1.165) is 12.7 Å². The SMILES string of the molecule is CP(=O)(O)ONc1ccc([N+](=O)[O-])cc1N. The molecule has 1 unspecified atom stereocenters. The summed E-state index contributed by atoms with van der Waals surface area (Å²) in [6.07, 6.45) is 0. The number of anilines is 2. The summed E-state index contributed by atoms with van der Waals surface area (Å²) in [5.74, 6) is 0. The van der Waals surface area contributed by atoms with Gasteiger partial charge in [0, 0.05) is 18.8 Å². The van der Waals surface area contributed by atoms with Crippen molar-refractivity contribution in [2.24, 2.45) is 0 Å². The summed E-state index contributed by atoms with van der Waals surface area (Å²) in [6, 6.07) is 3.59. The number of hydrogen-bond acceptors (Lipinski definition) is 6. The van der Waals surface area contributed by atoms with Crippen LogP contribution in [0.15, 0.2) is 18.2 Å². The van der Waals surface area contributed by atoms with Gasteiger partial charge in [-0.2, -0.15) is 4.62 Å². The fraction of sp³-hybridized carbons (Fsp3) is 0.143. The van der Waals surface area contributed by atoms with Crippen LogP contribution in [0.1, 0.15) is 0 Å². The number of non-ortho nitro benzene ring substituents is 1. The van der Waals surface area contributed by atoms with Gasteiger partial charge in [-0.25, -0.2) is 0 Å². The molecule has 0 radical (unpaired) electrons. The molecule has 16 heavy (non-hydrogen) atoms. The highest BCUT2D eigenvalue weighted by atomic mass is 31.2. The Morgan fingerprint density at radius 1 is 1.62 bits per heavy atom. The number of nitro groups is 1. The van der Waals surface area contributed by atoms with Crippen molar-refractivity contribution < 1.29 is 19.0 Å². The molecule has 1 aromatic carbocycles. The lowest BCUT2D eigenvalue weighted by Crippen LogP contribution is -2.02. The van der Waals surface area contributed by atoms with Crippen LogP contribution in [-0.2, 0) is 9.19 Å². The third-order valence-corrected chi connectivity index (χ3v) is 2.00. The minimum absolute atomic E-state index is 0.0441. The molecule has 1 aromatic rings. The molecule has 0 aliphatic rings. The van der Waals surface area contributed by atoms with Gasteiger partial charge >= 0.3 is 7.60 Å². The first-order valence-electron chi connectivity index (χ1n) is 4.08. The molecule has 9 heteroatoms. The molecule has 0 aromatic heterocycles. The summed E-state index contributed by atoms with van der Waals surface area (Å²) in [4.78, 5) is 18.6.